The molecule has 3 aromatic heterocycles. The van der Waals surface area contributed by atoms with Crippen LogP contribution in [0.1, 0.15) is 24.4 Å². The molecule has 0 fully saturated rings. The van der Waals surface area contributed by atoms with Gasteiger partial charge >= 0.3 is 6.18 Å². The monoisotopic (exact) mass is 442 g/mol. The minimum atomic E-state index is -4.54. The Balaban J connectivity index is 1.64. The van der Waals surface area contributed by atoms with Gasteiger partial charge in [-0.3, -0.25) is 0 Å². The molecule has 0 saturated carbocycles. The van der Waals surface area contributed by atoms with Crippen LogP contribution in [0, 0.1) is 0 Å². The highest BCUT2D eigenvalue weighted by Crippen LogP contribution is 2.36. The minimum absolute atomic E-state index is 0.0117. The van der Waals surface area contributed by atoms with Crippen LogP contribution in [0.15, 0.2) is 41.2 Å². The van der Waals surface area contributed by atoms with Gasteiger partial charge in [-0.2, -0.15) is 27.9 Å². The number of benzene rings is 1. The number of alkyl halides is 3. The Morgan fingerprint density at radius 2 is 1.97 bits per heavy atom. The molecule has 0 aliphatic carbocycles. The third-order valence-electron chi connectivity index (χ3n) is 4.00. The van der Waals surface area contributed by atoms with Crippen molar-refractivity contribution in [3.63, 3.8) is 0 Å². The van der Waals surface area contributed by atoms with Crippen LogP contribution in [0.3, 0.4) is 0 Å². The molecule has 29 heavy (non-hydrogen) atoms. The van der Waals surface area contributed by atoms with Crippen molar-refractivity contribution in [2.75, 3.05) is 5.32 Å². The van der Waals surface area contributed by atoms with E-state index in [0.717, 1.165) is 12.1 Å². The molecule has 0 radical (unpaired) electrons. The first-order valence-corrected chi connectivity index (χ1v) is 8.93. The van der Waals surface area contributed by atoms with Crippen molar-refractivity contribution in [1.82, 2.24) is 24.7 Å². The van der Waals surface area contributed by atoms with Crippen molar-refractivity contribution in [3.05, 3.63) is 58.2 Å². The van der Waals surface area contributed by atoms with Gasteiger partial charge in [0.05, 0.1) is 16.6 Å². The smallest absolute Gasteiger partial charge is 0.416 e. The number of pyridine rings is 1. The first kappa shape index (κ1) is 19.5. The Labute approximate surface area is 171 Å². The quantitative estimate of drug-likeness (QED) is 0.461. The van der Waals surface area contributed by atoms with E-state index in [1.807, 2.05) is 0 Å². The van der Waals surface area contributed by atoms with E-state index in [1.165, 1.54) is 17.2 Å². The van der Waals surface area contributed by atoms with Gasteiger partial charge in [-0.25, -0.2) is 9.97 Å². The molecule has 0 aliphatic heterocycles. The fourth-order valence-electron chi connectivity index (χ4n) is 2.70. The van der Waals surface area contributed by atoms with Crippen LogP contribution in [0.25, 0.3) is 16.9 Å². The van der Waals surface area contributed by atoms with Gasteiger partial charge in [-0.1, -0.05) is 23.2 Å². The Kier molecular flexibility index (Phi) is 4.83. The molecule has 4 aromatic rings. The van der Waals surface area contributed by atoms with E-state index in [-0.39, 0.29) is 22.1 Å². The largest absolute Gasteiger partial charge is 0.422 e. The van der Waals surface area contributed by atoms with Gasteiger partial charge < -0.3 is 9.73 Å². The lowest BCUT2D eigenvalue weighted by molar-refractivity contribution is -0.137. The molecule has 0 bridgehead atoms. The van der Waals surface area contributed by atoms with Crippen molar-refractivity contribution in [3.8, 4) is 5.82 Å². The van der Waals surface area contributed by atoms with Gasteiger partial charge in [-0.15, -0.1) is 0 Å². The van der Waals surface area contributed by atoms with E-state index >= 15 is 0 Å². The van der Waals surface area contributed by atoms with Gasteiger partial charge in [0.2, 0.25) is 0 Å². The maximum absolute atomic E-state index is 13.0. The number of fused-ring (bicyclic) bond motifs is 1. The second-order valence-corrected chi connectivity index (χ2v) is 6.90. The lowest BCUT2D eigenvalue weighted by Gasteiger charge is -2.12. The standard InChI is InChI=1S/C17H11Cl2F3N6O/c1-8(15-24-7-25-28(15)13-6-10(18)2-3-23-13)26-16-27-12-5-9(17(20,21)22)4-11(19)14(12)29-16/h2-8H,1H3,(H,26,27)/t8-/m0/s1. The second kappa shape index (κ2) is 7.20. The third kappa shape index (κ3) is 3.85. The van der Waals surface area contributed by atoms with Crippen molar-refractivity contribution in [1.29, 1.82) is 0 Å². The Morgan fingerprint density at radius 3 is 2.69 bits per heavy atom. The molecule has 4 rings (SSSR count). The molecule has 0 amide bonds. The number of halogens is 5. The van der Waals surface area contributed by atoms with E-state index in [4.69, 9.17) is 27.6 Å². The summed E-state index contributed by atoms with van der Waals surface area (Å²) in [5, 5.41) is 7.37. The summed E-state index contributed by atoms with van der Waals surface area (Å²) < 4.78 is 45.9. The summed E-state index contributed by atoms with van der Waals surface area (Å²) in [5.74, 6) is 0.915. The topological polar surface area (TPSA) is 81.7 Å². The van der Waals surface area contributed by atoms with E-state index in [2.05, 4.69) is 25.4 Å². The summed E-state index contributed by atoms with van der Waals surface area (Å²) >= 11 is 11.9. The van der Waals surface area contributed by atoms with Crippen molar-refractivity contribution < 1.29 is 17.6 Å². The number of oxazole rings is 1. The zero-order valence-corrected chi connectivity index (χ0v) is 16.1. The predicted octanol–water partition coefficient (Wildman–Crippen LogP) is 5.30. The molecule has 1 aromatic carbocycles. The van der Waals surface area contributed by atoms with Crippen LogP contribution in [0.2, 0.25) is 10.0 Å². The van der Waals surface area contributed by atoms with Crippen molar-refractivity contribution in [2.24, 2.45) is 0 Å². The van der Waals surface area contributed by atoms with Crippen molar-refractivity contribution >= 4 is 40.3 Å². The van der Waals surface area contributed by atoms with Gasteiger partial charge in [0.1, 0.15) is 11.8 Å². The van der Waals surface area contributed by atoms with Crippen molar-refractivity contribution in [2.45, 2.75) is 19.1 Å². The molecule has 0 spiro atoms. The number of nitrogens with one attached hydrogen (secondary N) is 1. The molecule has 1 atom stereocenters. The van der Waals surface area contributed by atoms with E-state index in [0.29, 0.717) is 16.7 Å². The highest BCUT2D eigenvalue weighted by atomic mass is 35.5. The summed E-state index contributed by atoms with van der Waals surface area (Å²) in [5.41, 5.74) is -0.875. The molecule has 0 saturated heterocycles. The average Bonchev–Trinajstić information content (AvgIpc) is 3.27. The SMILES string of the molecule is C[C@H](Nc1nc2cc(C(F)(F)F)cc(Cl)c2o1)c1ncnn1-c1cc(Cl)ccn1. The van der Waals surface area contributed by atoms with Gasteiger partial charge in [0.15, 0.2) is 17.2 Å². The highest BCUT2D eigenvalue weighted by Gasteiger charge is 2.32. The van der Waals surface area contributed by atoms with Crippen LogP contribution >= 0.6 is 23.2 Å². The summed E-state index contributed by atoms with van der Waals surface area (Å²) in [6.45, 7) is 1.75. The number of nitrogens with zero attached hydrogens (tertiary/aromatic N) is 5. The molecule has 12 heteroatoms. The molecule has 7 nitrogen and oxygen atoms in total. The molecule has 0 unspecified atom stereocenters. The van der Waals surface area contributed by atoms with E-state index in [9.17, 15) is 13.2 Å². The van der Waals surface area contributed by atoms with E-state index < -0.39 is 17.8 Å². The third-order valence-corrected chi connectivity index (χ3v) is 4.51. The van der Waals surface area contributed by atoms with Crippen LogP contribution in [-0.4, -0.2) is 24.7 Å². The average molecular weight is 443 g/mol. The first-order valence-electron chi connectivity index (χ1n) is 8.18. The summed E-state index contributed by atoms with van der Waals surface area (Å²) in [6.07, 6.45) is -1.67. The number of hydrogen-bond donors (Lipinski definition) is 1. The lowest BCUT2D eigenvalue weighted by atomic mass is 10.2. The number of anilines is 1. The number of hydrogen-bond acceptors (Lipinski definition) is 6. The van der Waals surface area contributed by atoms with Gasteiger partial charge in [0.25, 0.3) is 6.01 Å². The predicted molar refractivity (Wildman–Crippen MR) is 100 cm³/mol. The normalized spacial score (nSPS) is 13.0. The van der Waals surface area contributed by atoms with Crippen LogP contribution in [0.5, 0.6) is 0 Å². The summed E-state index contributed by atoms with van der Waals surface area (Å²) in [7, 11) is 0. The molecule has 1 N–H and O–H groups in total. The molecular formula is C17H11Cl2F3N6O. The zero-order chi connectivity index (χ0) is 20.8. The summed E-state index contributed by atoms with van der Waals surface area (Å²) in [6, 6.07) is 4.42. The fourth-order valence-corrected chi connectivity index (χ4v) is 3.11. The Hall–Kier alpha value is -2.85. The Bertz CT molecular complexity index is 1190. The first-order chi connectivity index (χ1) is 13.7. The molecule has 3 heterocycles. The second-order valence-electron chi connectivity index (χ2n) is 6.05. The molecular weight excluding hydrogens is 432 g/mol. The van der Waals surface area contributed by atoms with Gasteiger partial charge in [0, 0.05) is 17.3 Å². The number of rotatable bonds is 4. The van der Waals surface area contributed by atoms with E-state index in [1.54, 1.807) is 19.1 Å². The van der Waals surface area contributed by atoms with Crippen LogP contribution in [-0.2, 0) is 6.18 Å². The number of aromatic nitrogens is 5. The maximum atomic E-state index is 13.0. The molecule has 0 aliphatic rings. The fraction of sp³-hybridized carbons (Fsp3) is 0.176. The zero-order valence-electron chi connectivity index (χ0n) is 14.6. The highest BCUT2D eigenvalue weighted by molar-refractivity contribution is 6.34. The summed E-state index contributed by atoms with van der Waals surface area (Å²) in [4.78, 5) is 12.5. The Morgan fingerprint density at radius 1 is 1.17 bits per heavy atom. The minimum Gasteiger partial charge on any atom is -0.422 e. The van der Waals surface area contributed by atoms with Crippen LogP contribution in [0.4, 0.5) is 19.2 Å². The molecule has 150 valence electrons. The maximum Gasteiger partial charge on any atom is 0.416 e. The lowest BCUT2D eigenvalue weighted by Crippen LogP contribution is -2.14. The van der Waals surface area contributed by atoms with Crippen LogP contribution < -0.4 is 5.32 Å². The van der Waals surface area contributed by atoms with Gasteiger partial charge in [-0.05, 0) is 25.1 Å².